The molecule has 1 N–H and O–H groups in total. The fourth-order valence-corrected chi connectivity index (χ4v) is 0.334. The Morgan fingerprint density at radius 1 is 1.78 bits per heavy atom. The SMILES string of the molecule is C=CC=C(OC)C(=O)O. The number of hydrogen-bond acceptors (Lipinski definition) is 2. The number of carboxylic acids is 1. The third-order valence-electron chi connectivity index (χ3n) is 0.700. The van der Waals surface area contributed by atoms with Crippen molar-refractivity contribution in [2.45, 2.75) is 0 Å². The zero-order chi connectivity index (χ0) is 7.28. The molecule has 0 saturated carbocycles. The first-order chi connectivity index (χ1) is 4.22. The van der Waals surface area contributed by atoms with Crippen molar-refractivity contribution >= 4 is 5.97 Å². The fraction of sp³-hybridized carbons (Fsp3) is 0.167. The summed E-state index contributed by atoms with van der Waals surface area (Å²) in [4.78, 5) is 10.1. The van der Waals surface area contributed by atoms with Crippen molar-refractivity contribution in [2.24, 2.45) is 0 Å². The monoisotopic (exact) mass is 128 g/mol. The number of allylic oxidation sites excluding steroid dienone is 2. The zero-order valence-corrected chi connectivity index (χ0v) is 5.13. The Bertz CT molecular complexity index is 146. The lowest BCUT2D eigenvalue weighted by Gasteiger charge is -1.95. The number of carbonyl (C=O) groups is 1. The Labute approximate surface area is 53.3 Å². The first-order valence-electron chi connectivity index (χ1n) is 2.32. The lowest BCUT2D eigenvalue weighted by Crippen LogP contribution is -2.01. The second-order valence-electron chi connectivity index (χ2n) is 1.28. The molecule has 0 aromatic rings. The maximum Gasteiger partial charge on any atom is 0.371 e. The van der Waals surface area contributed by atoms with Gasteiger partial charge in [-0.05, 0) is 6.08 Å². The minimum absolute atomic E-state index is 0.106. The van der Waals surface area contributed by atoms with Gasteiger partial charge in [0.1, 0.15) is 0 Å². The maximum atomic E-state index is 10.1. The van der Waals surface area contributed by atoms with E-state index in [0.29, 0.717) is 0 Å². The predicted molar refractivity (Wildman–Crippen MR) is 32.9 cm³/mol. The van der Waals surface area contributed by atoms with Crippen LogP contribution in [0.25, 0.3) is 0 Å². The number of hydrogen-bond donors (Lipinski definition) is 1. The molecule has 50 valence electrons. The van der Waals surface area contributed by atoms with Crippen LogP contribution in [0.5, 0.6) is 0 Å². The Morgan fingerprint density at radius 3 is 2.44 bits per heavy atom. The molecule has 0 aliphatic rings. The Kier molecular flexibility index (Phi) is 3.20. The molecule has 0 atom stereocenters. The molecular weight excluding hydrogens is 120 g/mol. The highest BCUT2D eigenvalue weighted by atomic mass is 16.5. The molecule has 0 aromatic heterocycles. The second-order valence-corrected chi connectivity index (χ2v) is 1.28. The molecule has 0 aliphatic heterocycles. The van der Waals surface area contributed by atoms with E-state index in [4.69, 9.17) is 5.11 Å². The van der Waals surface area contributed by atoms with Crippen molar-refractivity contribution in [1.29, 1.82) is 0 Å². The molecule has 0 rings (SSSR count). The van der Waals surface area contributed by atoms with Crippen molar-refractivity contribution in [1.82, 2.24) is 0 Å². The van der Waals surface area contributed by atoms with E-state index in [-0.39, 0.29) is 5.76 Å². The fourth-order valence-electron chi connectivity index (χ4n) is 0.334. The van der Waals surface area contributed by atoms with E-state index in [1.807, 2.05) is 0 Å². The summed E-state index contributed by atoms with van der Waals surface area (Å²) in [6.07, 6.45) is 2.63. The highest BCUT2D eigenvalue weighted by Gasteiger charge is 2.02. The third kappa shape index (κ3) is 2.54. The zero-order valence-electron chi connectivity index (χ0n) is 5.13. The van der Waals surface area contributed by atoms with Crippen LogP contribution in [0.1, 0.15) is 0 Å². The van der Waals surface area contributed by atoms with E-state index >= 15 is 0 Å². The molecule has 0 saturated heterocycles. The van der Waals surface area contributed by atoms with Crippen LogP contribution in [-0.4, -0.2) is 18.2 Å². The van der Waals surface area contributed by atoms with Gasteiger partial charge in [-0.15, -0.1) is 0 Å². The summed E-state index contributed by atoms with van der Waals surface area (Å²) in [7, 11) is 1.30. The van der Waals surface area contributed by atoms with Crippen molar-refractivity contribution in [2.75, 3.05) is 7.11 Å². The van der Waals surface area contributed by atoms with E-state index in [0.717, 1.165) is 0 Å². The molecule has 0 aliphatic carbocycles. The van der Waals surface area contributed by atoms with Gasteiger partial charge < -0.3 is 9.84 Å². The molecule has 0 aromatic carbocycles. The normalized spacial score (nSPS) is 10.6. The van der Waals surface area contributed by atoms with Crippen LogP contribution in [0.4, 0.5) is 0 Å². The standard InChI is InChI=1S/C6H8O3/c1-3-4-5(9-2)6(7)8/h3-4H,1H2,2H3,(H,7,8). The van der Waals surface area contributed by atoms with Crippen LogP contribution in [0.3, 0.4) is 0 Å². The topological polar surface area (TPSA) is 46.5 Å². The van der Waals surface area contributed by atoms with Crippen LogP contribution in [0.15, 0.2) is 24.5 Å². The van der Waals surface area contributed by atoms with Crippen LogP contribution < -0.4 is 0 Å². The van der Waals surface area contributed by atoms with Crippen molar-refractivity contribution in [3.63, 3.8) is 0 Å². The molecule has 0 amide bonds. The summed E-state index contributed by atoms with van der Waals surface area (Å²) < 4.78 is 4.44. The number of ether oxygens (including phenoxy) is 1. The number of carboxylic acid groups (broad SMARTS) is 1. The lowest BCUT2D eigenvalue weighted by atomic mass is 10.4. The van der Waals surface area contributed by atoms with Gasteiger partial charge in [-0.25, -0.2) is 4.79 Å². The van der Waals surface area contributed by atoms with Gasteiger partial charge in [-0.2, -0.15) is 0 Å². The first-order valence-corrected chi connectivity index (χ1v) is 2.32. The van der Waals surface area contributed by atoms with Crippen molar-refractivity contribution in [3.8, 4) is 0 Å². The minimum Gasteiger partial charge on any atom is -0.490 e. The highest BCUT2D eigenvalue weighted by Crippen LogP contribution is 1.93. The second kappa shape index (κ2) is 3.72. The number of aliphatic carboxylic acids is 1. The largest absolute Gasteiger partial charge is 0.490 e. The summed E-state index contributed by atoms with van der Waals surface area (Å²) in [5.41, 5.74) is 0. The summed E-state index contributed by atoms with van der Waals surface area (Å²) >= 11 is 0. The van der Waals surface area contributed by atoms with Crippen molar-refractivity contribution in [3.05, 3.63) is 24.5 Å². The smallest absolute Gasteiger partial charge is 0.371 e. The van der Waals surface area contributed by atoms with E-state index in [1.165, 1.54) is 19.3 Å². The van der Waals surface area contributed by atoms with Crippen LogP contribution in [0.2, 0.25) is 0 Å². The summed E-state index contributed by atoms with van der Waals surface area (Å²) in [6, 6.07) is 0. The Hall–Kier alpha value is -1.25. The van der Waals surface area contributed by atoms with Gasteiger partial charge in [0.05, 0.1) is 7.11 Å². The lowest BCUT2D eigenvalue weighted by molar-refractivity contribution is -0.136. The molecular formula is C6H8O3. The molecule has 0 fully saturated rings. The van der Waals surface area contributed by atoms with E-state index < -0.39 is 5.97 Å². The van der Waals surface area contributed by atoms with Crippen LogP contribution in [-0.2, 0) is 9.53 Å². The predicted octanol–water partition coefficient (Wildman–Crippen LogP) is 0.787. The van der Waals surface area contributed by atoms with Gasteiger partial charge in [-0.1, -0.05) is 12.7 Å². The summed E-state index contributed by atoms with van der Waals surface area (Å²) in [5, 5.41) is 8.26. The van der Waals surface area contributed by atoms with E-state index in [9.17, 15) is 4.79 Å². The summed E-state index contributed by atoms with van der Waals surface area (Å²) in [5.74, 6) is -1.19. The molecule has 3 nitrogen and oxygen atoms in total. The maximum absolute atomic E-state index is 10.1. The van der Waals surface area contributed by atoms with Crippen LogP contribution in [0, 0.1) is 0 Å². The van der Waals surface area contributed by atoms with Gasteiger partial charge in [0, 0.05) is 0 Å². The van der Waals surface area contributed by atoms with Gasteiger partial charge in [-0.3, -0.25) is 0 Å². The molecule has 0 unspecified atom stereocenters. The molecule has 0 bridgehead atoms. The van der Waals surface area contributed by atoms with Gasteiger partial charge in [0.25, 0.3) is 0 Å². The Morgan fingerprint density at radius 2 is 2.33 bits per heavy atom. The number of rotatable bonds is 3. The molecule has 0 spiro atoms. The number of methoxy groups -OCH3 is 1. The van der Waals surface area contributed by atoms with E-state index in [1.54, 1.807) is 0 Å². The Balaban J connectivity index is 4.14. The molecule has 9 heavy (non-hydrogen) atoms. The molecule has 3 heteroatoms. The van der Waals surface area contributed by atoms with Crippen LogP contribution >= 0.6 is 0 Å². The van der Waals surface area contributed by atoms with Gasteiger partial charge in [0.2, 0.25) is 5.76 Å². The van der Waals surface area contributed by atoms with E-state index in [2.05, 4.69) is 11.3 Å². The molecule has 0 heterocycles. The average Bonchev–Trinajstić information content (AvgIpc) is 1.82. The summed E-state index contributed by atoms with van der Waals surface area (Å²) in [6.45, 7) is 3.31. The average molecular weight is 128 g/mol. The quantitative estimate of drug-likeness (QED) is 0.347. The highest BCUT2D eigenvalue weighted by molar-refractivity contribution is 5.84. The third-order valence-corrected chi connectivity index (χ3v) is 0.700. The van der Waals surface area contributed by atoms with Gasteiger partial charge >= 0.3 is 5.97 Å². The van der Waals surface area contributed by atoms with Crippen molar-refractivity contribution < 1.29 is 14.6 Å². The molecule has 0 radical (unpaired) electrons. The minimum atomic E-state index is -1.09. The first kappa shape index (κ1) is 7.75. The van der Waals surface area contributed by atoms with Gasteiger partial charge in [0.15, 0.2) is 0 Å².